The molecule has 33 heavy (non-hydrogen) atoms. The largest absolute Gasteiger partial charge is 0.369 e. The number of carbonyl (C=O) groups excluding carboxylic acids is 2. The van der Waals surface area contributed by atoms with Crippen LogP contribution in [0.3, 0.4) is 0 Å². The SMILES string of the molecule is NC(=O)C1(c2cc(Cl)c(F)c(C(=O)Nc3ccccc3)c2)C(c2ccc(F)c(Cl)c2)C1(Cl)Cl. The normalized spacial score (nSPS) is 20.8. The number of rotatable bonds is 5. The Morgan fingerprint density at radius 1 is 0.939 bits per heavy atom. The molecule has 0 bridgehead atoms. The second-order valence-electron chi connectivity index (χ2n) is 7.54. The molecule has 0 aromatic heterocycles. The van der Waals surface area contributed by atoms with Crippen LogP contribution in [-0.2, 0) is 10.2 Å². The summed E-state index contributed by atoms with van der Waals surface area (Å²) >= 11 is 25.0. The van der Waals surface area contributed by atoms with Gasteiger partial charge in [0.1, 0.15) is 15.6 Å². The van der Waals surface area contributed by atoms with E-state index in [4.69, 9.17) is 52.1 Å². The third-order valence-corrected chi connectivity index (χ3v) is 7.26. The number of nitrogens with two attached hydrogens (primary N) is 1. The molecule has 1 saturated carbocycles. The van der Waals surface area contributed by atoms with E-state index in [-0.39, 0.29) is 10.6 Å². The minimum Gasteiger partial charge on any atom is -0.369 e. The van der Waals surface area contributed by atoms with Crippen molar-refractivity contribution in [2.24, 2.45) is 5.73 Å². The van der Waals surface area contributed by atoms with Crippen molar-refractivity contribution in [1.82, 2.24) is 0 Å². The van der Waals surface area contributed by atoms with E-state index in [1.54, 1.807) is 30.3 Å². The first-order chi connectivity index (χ1) is 15.5. The summed E-state index contributed by atoms with van der Waals surface area (Å²) in [5.41, 5.74) is 4.29. The first-order valence-corrected chi connectivity index (χ1v) is 11.0. The van der Waals surface area contributed by atoms with Crippen LogP contribution in [0.4, 0.5) is 14.5 Å². The quantitative estimate of drug-likeness (QED) is 0.385. The van der Waals surface area contributed by atoms with Crippen LogP contribution in [0, 0.1) is 11.6 Å². The van der Waals surface area contributed by atoms with Gasteiger partial charge in [0.25, 0.3) is 5.91 Å². The van der Waals surface area contributed by atoms with Crippen molar-refractivity contribution >= 4 is 63.9 Å². The third kappa shape index (κ3) is 3.75. The second-order valence-corrected chi connectivity index (χ2v) is 9.74. The van der Waals surface area contributed by atoms with Gasteiger partial charge >= 0.3 is 0 Å². The molecule has 0 radical (unpaired) electrons. The van der Waals surface area contributed by atoms with Crippen LogP contribution in [0.5, 0.6) is 0 Å². The number of amides is 2. The van der Waals surface area contributed by atoms with Gasteiger partial charge in [-0.2, -0.15) is 0 Å². The van der Waals surface area contributed by atoms with Crippen molar-refractivity contribution < 1.29 is 18.4 Å². The highest BCUT2D eigenvalue weighted by molar-refractivity contribution is 6.55. The predicted octanol–water partition coefficient (Wildman–Crippen LogP) is 6.22. The number of nitrogens with one attached hydrogen (secondary N) is 1. The van der Waals surface area contributed by atoms with Gasteiger partial charge in [0.2, 0.25) is 5.91 Å². The Hall–Kier alpha value is -2.38. The highest BCUT2D eigenvalue weighted by Gasteiger charge is 2.81. The van der Waals surface area contributed by atoms with Crippen LogP contribution in [0.2, 0.25) is 10.0 Å². The maximum absolute atomic E-state index is 14.8. The molecule has 0 heterocycles. The number of para-hydroxylation sites is 1. The molecule has 3 aromatic carbocycles. The number of hydrogen-bond acceptors (Lipinski definition) is 2. The standard InChI is InChI=1S/C23H14Cl4F2N2O2/c24-15-8-11(6-7-17(15)28)19-22(21(30)33,23(19,26)27)12-9-14(18(29)16(25)10-12)20(32)31-13-4-2-1-3-5-13/h1-10,19H,(H2,30,33)(H,31,32). The van der Waals surface area contributed by atoms with Gasteiger partial charge in [-0.15, -0.1) is 0 Å². The summed E-state index contributed by atoms with van der Waals surface area (Å²) in [5.74, 6) is -4.38. The Morgan fingerprint density at radius 2 is 1.61 bits per heavy atom. The molecule has 3 N–H and O–H groups in total. The van der Waals surface area contributed by atoms with Crippen molar-refractivity contribution in [2.75, 3.05) is 5.32 Å². The molecule has 2 amide bonds. The van der Waals surface area contributed by atoms with E-state index < -0.39 is 49.7 Å². The van der Waals surface area contributed by atoms with Crippen molar-refractivity contribution in [1.29, 1.82) is 0 Å². The van der Waals surface area contributed by atoms with Crippen LogP contribution >= 0.6 is 46.4 Å². The van der Waals surface area contributed by atoms with Crippen molar-refractivity contribution in [2.45, 2.75) is 15.7 Å². The first-order valence-electron chi connectivity index (χ1n) is 9.50. The van der Waals surface area contributed by atoms with Gasteiger partial charge in [-0.25, -0.2) is 8.78 Å². The van der Waals surface area contributed by atoms with E-state index in [9.17, 15) is 18.4 Å². The number of carbonyl (C=O) groups is 2. The average molecular weight is 530 g/mol. The van der Waals surface area contributed by atoms with Crippen molar-refractivity contribution in [3.05, 3.63) is 99.0 Å². The summed E-state index contributed by atoms with van der Waals surface area (Å²) in [6.45, 7) is 0. The van der Waals surface area contributed by atoms with Crippen LogP contribution in [0.25, 0.3) is 0 Å². The Bertz CT molecular complexity index is 1290. The lowest BCUT2D eigenvalue weighted by Gasteiger charge is -2.18. The van der Waals surface area contributed by atoms with E-state index in [0.29, 0.717) is 11.3 Å². The lowest BCUT2D eigenvalue weighted by molar-refractivity contribution is -0.120. The van der Waals surface area contributed by atoms with Crippen LogP contribution < -0.4 is 11.1 Å². The van der Waals surface area contributed by atoms with Crippen LogP contribution in [0.1, 0.15) is 27.4 Å². The monoisotopic (exact) mass is 528 g/mol. The molecule has 1 aliphatic rings. The van der Waals surface area contributed by atoms with E-state index >= 15 is 0 Å². The number of halogens is 6. The summed E-state index contributed by atoms with van der Waals surface area (Å²) in [4.78, 5) is 25.5. The molecule has 2 unspecified atom stereocenters. The number of primary amides is 1. The molecule has 4 rings (SSSR count). The van der Waals surface area contributed by atoms with Crippen LogP contribution in [-0.4, -0.2) is 16.1 Å². The number of alkyl halides is 2. The number of anilines is 1. The minimum absolute atomic E-state index is 0.0371. The van der Waals surface area contributed by atoms with E-state index in [0.717, 1.165) is 18.2 Å². The molecule has 1 fully saturated rings. The predicted molar refractivity (Wildman–Crippen MR) is 125 cm³/mol. The molecule has 0 spiro atoms. The minimum atomic E-state index is -1.80. The topological polar surface area (TPSA) is 72.2 Å². The molecular formula is C23H14Cl4F2N2O2. The zero-order chi connectivity index (χ0) is 24.1. The summed E-state index contributed by atoms with van der Waals surface area (Å²) in [5, 5.41) is 1.91. The van der Waals surface area contributed by atoms with Crippen LogP contribution in [0.15, 0.2) is 60.7 Å². The van der Waals surface area contributed by atoms with Crippen molar-refractivity contribution in [3.63, 3.8) is 0 Å². The van der Waals surface area contributed by atoms with Gasteiger partial charge < -0.3 is 11.1 Å². The fraction of sp³-hybridized carbons (Fsp3) is 0.130. The van der Waals surface area contributed by atoms with Gasteiger partial charge in [0.05, 0.1) is 15.6 Å². The molecule has 0 aliphatic heterocycles. The van der Waals surface area contributed by atoms with Gasteiger partial charge in [0.15, 0.2) is 5.82 Å². The maximum Gasteiger partial charge on any atom is 0.258 e. The molecule has 10 heteroatoms. The Kier molecular flexibility index (Phi) is 6.08. The fourth-order valence-electron chi connectivity index (χ4n) is 4.07. The van der Waals surface area contributed by atoms with Gasteiger partial charge in [-0.1, -0.05) is 70.7 Å². The highest BCUT2D eigenvalue weighted by atomic mass is 35.5. The smallest absolute Gasteiger partial charge is 0.258 e. The summed E-state index contributed by atoms with van der Waals surface area (Å²) in [6.07, 6.45) is 0. The second kappa shape index (κ2) is 8.44. The van der Waals surface area contributed by atoms with Gasteiger partial charge in [0, 0.05) is 11.6 Å². The zero-order valence-electron chi connectivity index (χ0n) is 16.5. The Balaban J connectivity index is 1.83. The van der Waals surface area contributed by atoms with Gasteiger partial charge in [-0.3, -0.25) is 9.59 Å². The Morgan fingerprint density at radius 3 is 2.21 bits per heavy atom. The number of benzene rings is 3. The third-order valence-electron chi connectivity index (χ3n) is 5.66. The molecule has 170 valence electrons. The molecular weight excluding hydrogens is 516 g/mol. The summed E-state index contributed by atoms with van der Waals surface area (Å²) < 4.78 is 26.7. The molecule has 2 atom stereocenters. The highest BCUT2D eigenvalue weighted by Crippen LogP contribution is 2.74. The lowest BCUT2D eigenvalue weighted by Crippen LogP contribution is -2.34. The zero-order valence-corrected chi connectivity index (χ0v) is 19.5. The van der Waals surface area contributed by atoms with E-state index in [2.05, 4.69) is 5.32 Å². The molecule has 3 aromatic rings. The average Bonchev–Trinajstić information content (AvgIpc) is 3.30. The maximum atomic E-state index is 14.8. The first kappa shape index (κ1) is 23.8. The lowest BCUT2D eigenvalue weighted by atomic mass is 9.88. The number of hydrogen-bond donors (Lipinski definition) is 2. The van der Waals surface area contributed by atoms with Gasteiger partial charge in [-0.05, 0) is 47.5 Å². The van der Waals surface area contributed by atoms with E-state index in [1.165, 1.54) is 12.1 Å². The molecule has 4 nitrogen and oxygen atoms in total. The molecule has 0 saturated heterocycles. The summed E-state index contributed by atoms with van der Waals surface area (Å²) in [6, 6.07) is 14.4. The Labute approximate surface area is 207 Å². The van der Waals surface area contributed by atoms with E-state index in [1.807, 2.05) is 0 Å². The summed E-state index contributed by atoms with van der Waals surface area (Å²) in [7, 11) is 0. The molecule has 1 aliphatic carbocycles. The van der Waals surface area contributed by atoms with Crippen molar-refractivity contribution in [3.8, 4) is 0 Å². The fourth-order valence-corrected chi connectivity index (χ4v) is 5.57.